The van der Waals surface area contributed by atoms with Gasteiger partial charge in [0.05, 0.1) is 41.6 Å². The molecule has 28 heavy (non-hydrogen) atoms. The lowest BCUT2D eigenvalue weighted by molar-refractivity contribution is -0.00701. The van der Waals surface area contributed by atoms with E-state index >= 15 is 0 Å². The summed E-state index contributed by atoms with van der Waals surface area (Å²) in [7, 11) is 0. The second-order valence-electron chi connectivity index (χ2n) is 8.43. The highest BCUT2D eigenvalue weighted by Crippen LogP contribution is 2.57. The lowest BCUT2D eigenvalue weighted by Gasteiger charge is -2.26. The molecule has 2 aromatic rings. The monoisotopic (exact) mass is 426 g/mol. The van der Waals surface area contributed by atoms with Crippen molar-refractivity contribution in [3.8, 4) is 32.8 Å². The number of aryl methyl sites for hydroxylation is 2. The maximum Gasteiger partial charge on any atom is 0.181 e. The Bertz CT molecular complexity index is 878. The number of aliphatic hydroxyl groups is 2. The molecule has 0 amide bonds. The van der Waals surface area contributed by atoms with Gasteiger partial charge in [-0.1, -0.05) is 13.8 Å². The van der Waals surface area contributed by atoms with Crippen molar-refractivity contribution in [2.24, 2.45) is 10.8 Å². The molecule has 2 N–H and O–H groups in total. The first kappa shape index (κ1) is 19.8. The summed E-state index contributed by atoms with van der Waals surface area (Å²) in [5.41, 5.74) is -0.879. The van der Waals surface area contributed by atoms with Crippen LogP contribution < -0.4 is 18.9 Å². The summed E-state index contributed by atoms with van der Waals surface area (Å²) in [6.45, 7) is 9.44. The molecule has 0 saturated carbocycles. The van der Waals surface area contributed by atoms with Crippen molar-refractivity contribution in [1.29, 1.82) is 0 Å². The smallest absolute Gasteiger partial charge is 0.181 e. The third kappa shape index (κ3) is 3.26. The molecule has 0 aliphatic carbocycles. The quantitative estimate of drug-likeness (QED) is 0.780. The largest absolute Gasteiger partial charge is 0.488 e. The molecule has 0 bridgehead atoms. The number of aliphatic hydroxyl groups excluding tert-OH is 2. The number of hydrogen-bond acceptors (Lipinski definition) is 8. The number of ether oxygens (including phenoxy) is 4. The van der Waals surface area contributed by atoms with Crippen molar-refractivity contribution in [3.63, 3.8) is 0 Å². The van der Waals surface area contributed by atoms with Crippen LogP contribution in [0.25, 0.3) is 9.75 Å². The number of rotatable bonds is 3. The highest BCUT2D eigenvalue weighted by molar-refractivity contribution is 7.23. The average Bonchev–Trinajstić information content (AvgIpc) is 2.98. The van der Waals surface area contributed by atoms with E-state index in [9.17, 15) is 10.2 Å². The summed E-state index contributed by atoms with van der Waals surface area (Å²) in [5.74, 6) is 2.90. The van der Waals surface area contributed by atoms with Crippen molar-refractivity contribution in [2.75, 3.05) is 39.6 Å². The lowest BCUT2D eigenvalue weighted by atomic mass is 9.93. The Morgan fingerprint density at radius 3 is 1.57 bits per heavy atom. The minimum Gasteiger partial charge on any atom is -0.488 e. The SMILES string of the molecule is Cc1sc(-c2sc(C)c3c2OCC(CO)(CO)CO3)c2c1OCC(C)(C)CO2. The van der Waals surface area contributed by atoms with Crippen molar-refractivity contribution < 1.29 is 29.2 Å². The van der Waals surface area contributed by atoms with Crippen molar-refractivity contribution in [3.05, 3.63) is 9.75 Å². The van der Waals surface area contributed by atoms with E-state index in [1.165, 1.54) is 0 Å². The Morgan fingerprint density at radius 1 is 0.714 bits per heavy atom. The molecular formula is C20H26O6S2. The molecule has 0 radical (unpaired) electrons. The predicted octanol–water partition coefficient (Wildman–Crippen LogP) is 3.63. The molecule has 8 heteroatoms. The van der Waals surface area contributed by atoms with E-state index in [1.54, 1.807) is 22.7 Å². The fourth-order valence-corrected chi connectivity index (χ4v) is 5.42. The lowest BCUT2D eigenvalue weighted by Crippen LogP contribution is -2.40. The molecule has 0 aromatic carbocycles. The summed E-state index contributed by atoms with van der Waals surface area (Å²) in [6, 6.07) is 0. The third-order valence-corrected chi connectivity index (χ3v) is 7.41. The Kier molecular flexibility index (Phi) is 5.02. The number of thiophene rings is 2. The molecule has 154 valence electrons. The molecule has 0 atom stereocenters. The topological polar surface area (TPSA) is 77.4 Å². The van der Waals surface area contributed by atoms with Crippen LogP contribution in [0, 0.1) is 24.7 Å². The van der Waals surface area contributed by atoms with Crippen LogP contribution in [0.15, 0.2) is 0 Å². The van der Waals surface area contributed by atoms with Crippen LogP contribution in [0.4, 0.5) is 0 Å². The van der Waals surface area contributed by atoms with Crippen LogP contribution in [-0.4, -0.2) is 49.9 Å². The zero-order valence-corrected chi connectivity index (χ0v) is 18.2. The van der Waals surface area contributed by atoms with E-state index in [-0.39, 0.29) is 31.8 Å². The first-order valence-electron chi connectivity index (χ1n) is 9.29. The van der Waals surface area contributed by atoms with E-state index < -0.39 is 5.41 Å². The molecular weight excluding hydrogens is 400 g/mol. The van der Waals surface area contributed by atoms with Crippen LogP contribution in [0.5, 0.6) is 23.0 Å². The average molecular weight is 427 g/mol. The zero-order valence-electron chi connectivity index (χ0n) is 16.6. The Balaban J connectivity index is 1.76. The van der Waals surface area contributed by atoms with Gasteiger partial charge in [-0.25, -0.2) is 0 Å². The van der Waals surface area contributed by atoms with Gasteiger partial charge in [0.1, 0.15) is 13.2 Å². The molecule has 2 aliphatic rings. The van der Waals surface area contributed by atoms with E-state index in [0.717, 1.165) is 31.0 Å². The van der Waals surface area contributed by atoms with Crippen LogP contribution >= 0.6 is 22.7 Å². The summed E-state index contributed by atoms with van der Waals surface area (Å²) in [6.07, 6.45) is 0. The molecule has 6 nitrogen and oxygen atoms in total. The minimum absolute atomic E-state index is 0.0653. The summed E-state index contributed by atoms with van der Waals surface area (Å²) in [4.78, 5) is 3.98. The second kappa shape index (κ2) is 7.09. The first-order chi connectivity index (χ1) is 13.3. The van der Waals surface area contributed by atoms with E-state index in [2.05, 4.69) is 13.8 Å². The third-order valence-electron chi connectivity index (χ3n) is 5.11. The van der Waals surface area contributed by atoms with Gasteiger partial charge in [-0.15, -0.1) is 22.7 Å². The second-order valence-corrected chi connectivity index (χ2v) is 10.9. The fourth-order valence-electron chi connectivity index (χ4n) is 3.21. The van der Waals surface area contributed by atoms with Crippen molar-refractivity contribution >= 4 is 22.7 Å². The molecule has 0 spiro atoms. The van der Waals surface area contributed by atoms with Crippen molar-refractivity contribution in [2.45, 2.75) is 27.7 Å². The predicted molar refractivity (Wildman–Crippen MR) is 109 cm³/mol. The number of hydrogen-bond donors (Lipinski definition) is 2. The molecule has 4 heterocycles. The summed E-state index contributed by atoms with van der Waals surface area (Å²) in [5, 5.41) is 19.5. The number of fused-ring (bicyclic) bond motifs is 2. The molecule has 0 fully saturated rings. The van der Waals surface area contributed by atoms with Gasteiger partial charge in [0.25, 0.3) is 0 Å². The van der Waals surface area contributed by atoms with Crippen LogP contribution in [0.2, 0.25) is 0 Å². The molecule has 0 unspecified atom stereocenters. The van der Waals surface area contributed by atoms with Crippen molar-refractivity contribution in [1.82, 2.24) is 0 Å². The summed E-state index contributed by atoms with van der Waals surface area (Å²) >= 11 is 3.22. The fraction of sp³-hybridized carbons (Fsp3) is 0.600. The Labute approximate surface area is 172 Å². The van der Waals surface area contributed by atoms with Gasteiger partial charge >= 0.3 is 0 Å². The Hall–Kier alpha value is -1.48. The normalized spacial score (nSPS) is 19.8. The minimum atomic E-state index is -0.813. The van der Waals surface area contributed by atoms with E-state index in [4.69, 9.17) is 18.9 Å². The van der Waals surface area contributed by atoms with E-state index in [0.29, 0.717) is 24.7 Å². The standard InChI is InChI=1S/C20H26O6S2/c1-11-13-15(24-8-19(3,4)7-23-13)17(27-11)18-16-14(12(2)28-18)25-9-20(5-21,6-22)10-26-16/h21-22H,5-10H2,1-4H3. The van der Waals surface area contributed by atoms with Crippen LogP contribution in [-0.2, 0) is 0 Å². The van der Waals surface area contributed by atoms with Gasteiger partial charge in [0.15, 0.2) is 23.0 Å². The van der Waals surface area contributed by atoms with Crippen LogP contribution in [0.3, 0.4) is 0 Å². The van der Waals surface area contributed by atoms with Gasteiger partial charge in [-0.3, -0.25) is 0 Å². The maximum atomic E-state index is 9.73. The van der Waals surface area contributed by atoms with E-state index in [1.807, 2.05) is 13.8 Å². The first-order valence-corrected chi connectivity index (χ1v) is 10.9. The highest BCUT2D eigenvalue weighted by Gasteiger charge is 2.38. The maximum absolute atomic E-state index is 9.73. The van der Waals surface area contributed by atoms with Gasteiger partial charge in [0.2, 0.25) is 0 Å². The highest BCUT2D eigenvalue weighted by atomic mass is 32.1. The van der Waals surface area contributed by atoms with Gasteiger partial charge in [0, 0.05) is 15.2 Å². The van der Waals surface area contributed by atoms with Gasteiger partial charge < -0.3 is 29.2 Å². The molecule has 0 saturated heterocycles. The van der Waals surface area contributed by atoms with Gasteiger partial charge in [-0.05, 0) is 13.8 Å². The molecule has 2 aliphatic heterocycles. The zero-order chi connectivity index (χ0) is 20.1. The molecule has 2 aromatic heterocycles. The van der Waals surface area contributed by atoms with Crippen LogP contribution in [0.1, 0.15) is 23.6 Å². The summed E-state index contributed by atoms with van der Waals surface area (Å²) < 4.78 is 24.4. The Morgan fingerprint density at radius 2 is 1.11 bits per heavy atom. The van der Waals surface area contributed by atoms with Gasteiger partial charge in [-0.2, -0.15) is 0 Å². The molecule has 4 rings (SSSR count).